The molecule has 0 bridgehead atoms. The summed E-state index contributed by atoms with van der Waals surface area (Å²) < 4.78 is 11.7. The molecule has 0 saturated carbocycles. The van der Waals surface area contributed by atoms with E-state index in [1.807, 2.05) is 73.5 Å². The number of hydrogen-bond acceptors (Lipinski definition) is 6. The monoisotopic (exact) mass is 368 g/mol. The number of nitrogens with zero attached hydrogens (tertiary/aromatic N) is 2. The van der Waals surface area contributed by atoms with Crippen molar-refractivity contribution in [3.63, 3.8) is 0 Å². The number of rotatable bonds is 8. The summed E-state index contributed by atoms with van der Waals surface area (Å²) in [7, 11) is 1.86. The summed E-state index contributed by atoms with van der Waals surface area (Å²) in [5, 5.41) is 18.5. The average Bonchev–Trinajstić information content (AvgIpc) is 3.03. The van der Waals surface area contributed by atoms with Crippen LogP contribution >= 0.6 is 0 Å². The second-order valence-electron chi connectivity index (χ2n) is 6.50. The van der Waals surface area contributed by atoms with E-state index in [1.165, 1.54) is 0 Å². The maximum absolute atomic E-state index is 9.56. The van der Waals surface area contributed by atoms with Crippen LogP contribution in [0.4, 0.5) is 0 Å². The Morgan fingerprint density at radius 3 is 2.59 bits per heavy atom. The first-order valence-corrected chi connectivity index (χ1v) is 8.82. The summed E-state index contributed by atoms with van der Waals surface area (Å²) in [5.41, 5.74) is 1.63. The Labute approximate surface area is 158 Å². The van der Waals surface area contributed by atoms with Gasteiger partial charge in [-0.15, -0.1) is 0 Å². The van der Waals surface area contributed by atoms with Gasteiger partial charge < -0.3 is 19.4 Å². The van der Waals surface area contributed by atoms with Crippen molar-refractivity contribution < 1.29 is 19.4 Å². The Balaban J connectivity index is 1.74. The lowest BCUT2D eigenvalue weighted by atomic mass is 10.2. The van der Waals surface area contributed by atoms with Crippen LogP contribution in [0.3, 0.4) is 0 Å². The molecule has 0 amide bonds. The molecule has 27 heavy (non-hydrogen) atoms. The van der Waals surface area contributed by atoms with Crippen molar-refractivity contribution in [1.29, 1.82) is 0 Å². The van der Waals surface area contributed by atoms with Gasteiger partial charge in [-0.05, 0) is 44.3 Å². The second-order valence-corrected chi connectivity index (χ2v) is 6.50. The molecule has 0 saturated heterocycles. The van der Waals surface area contributed by atoms with E-state index in [0.29, 0.717) is 24.7 Å². The van der Waals surface area contributed by atoms with Crippen LogP contribution in [0.25, 0.3) is 11.5 Å². The van der Waals surface area contributed by atoms with Gasteiger partial charge in [0.15, 0.2) is 0 Å². The van der Waals surface area contributed by atoms with E-state index in [9.17, 15) is 5.11 Å². The Bertz CT molecular complexity index is 864. The number of aryl methyl sites for hydroxylation is 1. The molecule has 1 atom stereocenters. The maximum Gasteiger partial charge on any atom is 0.226 e. The quantitative estimate of drug-likeness (QED) is 0.636. The van der Waals surface area contributed by atoms with Gasteiger partial charge >= 0.3 is 0 Å². The fourth-order valence-corrected chi connectivity index (χ4v) is 2.75. The van der Waals surface area contributed by atoms with E-state index in [-0.39, 0.29) is 6.61 Å². The summed E-state index contributed by atoms with van der Waals surface area (Å²) in [6.45, 7) is 2.49. The first-order chi connectivity index (χ1) is 13.0. The largest absolute Gasteiger partial charge is 0.457 e. The molecule has 0 spiro atoms. The lowest BCUT2D eigenvalue weighted by molar-refractivity contribution is 0.0644. The molecule has 0 unspecified atom stereocenters. The first-order valence-electron chi connectivity index (χ1n) is 8.82. The fourth-order valence-electron chi connectivity index (χ4n) is 2.75. The van der Waals surface area contributed by atoms with Crippen LogP contribution in [0.15, 0.2) is 59.0 Å². The Kier molecular flexibility index (Phi) is 6.24. The number of benzene rings is 2. The van der Waals surface area contributed by atoms with Crippen molar-refractivity contribution in [2.24, 2.45) is 0 Å². The summed E-state index contributed by atoms with van der Waals surface area (Å²) >= 11 is 0. The normalized spacial score (nSPS) is 12.3. The van der Waals surface area contributed by atoms with E-state index < -0.39 is 6.10 Å². The van der Waals surface area contributed by atoms with Crippen molar-refractivity contribution in [3.8, 4) is 23.0 Å². The highest BCUT2D eigenvalue weighted by Crippen LogP contribution is 2.28. The van der Waals surface area contributed by atoms with Gasteiger partial charge in [0.2, 0.25) is 5.89 Å². The molecule has 6 nitrogen and oxygen atoms in total. The van der Waals surface area contributed by atoms with E-state index >= 15 is 0 Å². The third kappa shape index (κ3) is 5.17. The van der Waals surface area contributed by atoms with Crippen LogP contribution in [0.5, 0.6) is 11.5 Å². The zero-order valence-corrected chi connectivity index (χ0v) is 15.5. The van der Waals surface area contributed by atoms with Crippen molar-refractivity contribution >= 4 is 0 Å². The van der Waals surface area contributed by atoms with Gasteiger partial charge in [-0.1, -0.05) is 24.3 Å². The highest BCUT2D eigenvalue weighted by molar-refractivity contribution is 5.57. The smallest absolute Gasteiger partial charge is 0.226 e. The van der Waals surface area contributed by atoms with Gasteiger partial charge in [0.05, 0.1) is 18.4 Å². The molecule has 1 heterocycles. The SMILES string of the molecule is Cc1oc(-c2cccc(Oc3ccccc3)c2)nc1CN(C)C[C@H](O)CO. The van der Waals surface area contributed by atoms with E-state index in [4.69, 9.17) is 14.3 Å². The van der Waals surface area contributed by atoms with E-state index in [0.717, 1.165) is 22.8 Å². The van der Waals surface area contributed by atoms with Gasteiger partial charge in [0.1, 0.15) is 17.3 Å². The van der Waals surface area contributed by atoms with Gasteiger partial charge in [0, 0.05) is 18.7 Å². The number of hydrogen-bond donors (Lipinski definition) is 2. The van der Waals surface area contributed by atoms with Gasteiger partial charge in [0.25, 0.3) is 0 Å². The highest BCUT2D eigenvalue weighted by Gasteiger charge is 2.15. The van der Waals surface area contributed by atoms with Crippen LogP contribution in [0, 0.1) is 6.92 Å². The predicted octanol–water partition coefficient (Wildman–Crippen LogP) is 3.23. The number of ether oxygens (including phenoxy) is 1. The third-order valence-corrected chi connectivity index (χ3v) is 4.11. The minimum Gasteiger partial charge on any atom is -0.457 e. The molecule has 3 rings (SSSR count). The molecule has 0 fully saturated rings. The molecule has 0 radical (unpaired) electrons. The molecule has 0 aliphatic carbocycles. The molecule has 0 aliphatic rings. The van der Waals surface area contributed by atoms with Gasteiger partial charge in [-0.2, -0.15) is 0 Å². The number of aromatic nitrogens is 1. The maximum atomic E-state index is 9.56. The van der Waals surface area contributed by atoms with Crippen LogP contribution < -0.4 is 4.74 Å². The van der Waals surface area contributed by atoms with Crippen LogP contribution in [-0.2, 0) is 6.54 Å². The molecule has 1 aromatic heterocycles. The minimum absolute atomic E-state index is 0.262. The van der Waals surface area contributed by atoms with E-state index in [1.54, 1.807) is 0 Å². The fraction of sp³-hybridized carbons (Fsp3) is 0.286. The Hall–Kier alpha value is -2.67. The molecule has 6 heteroatoms. The zero-order valence-electron chi connectivity index (χ0n) is 15.5. The number of aliphatic hydroxyl groups excluding tert-OH is 2. The molecular formula is C21H24N2O4. The van der Waals surface area contributed by atoms with Gasteiger partial charge in [-0.3, -0.25) is 4.90 Å². The molecule has 142 valence electrons. The summed E-state index contributed by atoms with van der Waals surface area (Å²) in [4.78, 5) is 6.49. The van der Waals surface area contributed by atoms with Crippen molar-refractivity contribution in [3.05, 3.63) is 66.1 Å². The number of oxazole rings is 1. The second kappa shape index (κ2) is 8.81. The summed E-state index contributed by atoms with van der Waals surface area (Å²) in [6, 6.07) is 17.2. The standard InChI is InChI=1S/C21H24N2O4/c1-15-20(13-23(2)12-17(25)14-24)22-21(26-15)16-7-6-10-19(11-16)27-18-8-4-3-5-9-18/h3-11,17,24-25H,12-14H2,1-2H3/t17-/m0/s1. The van der Waals surface area contributed by atoms with Crippen molar-refractivity contribution in [1.82, 2.24) is 9.88 Å². The molecule has 3 aromatic rings. The number of para-hydroxylation sites is 1. The zero-order chi connectivity index (χ0) is 19.2. The van der Waals surface area contributed by atoms with Crippen molar-refractivity contribution in [2.45, 2.75) is 19.6 Å². The summed E-state index contributed by atoms with van der Waals surface area (Å²) in [6.07, 6.45) is -0.770. The minimum atomic E-state index is -0.770. The Morgan fingerprint density at radius 2 is 1.85 bits per heavy atom. The predicted molar refractivity (Wildman–Crippen MR) is 103 cm³/mol. The van der Waals surface area contributed by atoms with Crippen molar-refractivity contribution in [2.75, 3.05) is 20.2 Å². The Morgan fingerprint density at radius 1 is 1.11 bits per heavy atom. The lowest BCUT2D eigenvalue weighted by Gasteiger charge is -2.18. The van der Waals surface area contributed by atoms with Gasteiger partial charge in [-0.25, -0.2) is 4.98 Å². The highest BCUT2D eigenvalue weighted by atomic mass is 16.5. The van der Waals surface area contributed by atoms with Crippen LogP contribution in [-0.4, -0.2) is 46.4 Å². The molecule has 2 N–H and O–H groups in total. The topological polar surface area (TPSA) is 79.0 Å². The lowest BCUT2D eigenvalue weighted by Crippen LogP contribution is -2.31. The molecular weight excluding hydrogens is 344 g/mol. The number of likely N-dealkylation sites (N-methyl/N-ethyl adjacent to an activating group) is 1. The third-order valence-electron chi connectivity index (χ3n) is 4.11. The first kappa shape index (κ1) is 19.1. The molecule has 2 aromatic carbocycles. The molecule has 0 aliphatic heterocycles. The van der Waals surface area contributed by atoms with E-state index in [2.05, 4.69) is 4.98 Å². The van der Waals surface area contributed by atoms with Crippen LogP contribution in [0.2, 0.25) is 0 Å². The number of aliphatic hydroxyl groups is 2. The van der Waals surface area contributed by atoms with Crippen LogP contribution in [0.1, 0.15) is 11.5 Å². The average molecular weight is 368 g/mol. The summed E-state index contributed by atoms with van der Waals surface area (Å²) in [5.74, 6) is 2.73.